The predicted octanol–water partition coefficient (Wildman–Crippen LogP) is 5.78. The molecule has 4 aromatic rings. The maximum Gasteiger partial charge on any atom is 0.262 e. The molecule has 0 radical (unpaired) electrons. The molecule has 0 spiro atoms. The molecule has 0 atom stereocenters. The lowest BCUT2D eigenvalue weighted by atomic mass is 10.2. The molecule has 0 bridgehead atoms. The van der Waals surface area contributed by atoms with E-state index in [1.807, 2.05) is 56.3 Å². The molecule has 1 N–H and O–H groups in total. The SMILES string of the molecule is Cc1ccc(OCC(=O)Nc2ccc(Cl)c(-c3nc4ccc(C)cc4o3)c2)cc1. The van der Waals surface area contributed by atoms with Crippen LogP contribution in [0.2, 0.25) is 5.02 Å². The molecule has 0 aliphatic carbocycles. The molecule has 1 aromatic heterocycles. The number of anilines is 1. The molecule has 0 aliphatic heterocycles. The van der Waals surface area contributed by atoms with E-state index in [2.05, 4.69) is 10.3 Å². The second-order valence-corrected chi connectivity index (χ2v) is 7.24. The van der Waals surface area contributed by atoms with Crippen molar-refractivity contribution in [1.82, 2.24) is 4.98 Å². The molecule has 4 rings (SSSR count). The molecule has 29 heavy (non-hydrogen) atoms. The van der Waals surface area contributed by atoms with Gasteiger partial charge in [-0.15, -0.1) is 0 Å². The summed E-state index contributed by atoms with van der Waals surface area (Å²) in [7, 11) is 0. The first-order valence-electron chi connectivity index (χ1n) is 9.14. The Labute approximate surface area is 173 Å². The Kier molecular flexibility index (Phi) is 5.23. The number of benzene rings is 3. The number of carbonyl (C=O) groups excluding carboxylic acids is 1. The maximum absolute atomic E-state index is 12.3. The van der Waals surface area contributed by atoms with Crippen LogP contribution in [0, 0.1) is 13.8 Å². The van der Waals surface area contributed by atoms with Crippen LogP contribution in [0.5, 0.6) is 5.75 Å². The van der Waals surface area contributed by atoms with Crippen LogP contribution in [-0.2, 0) is 4.79 Å². The average Bonchev–Trinajstić information content (AvgIpc) is 3.12. The lowest BCUT2D eigenvalue weighted by Gasteiger charge is -2.09. The van der Waals surface area contributed by atoms with E-state index in [4.69, 9.17) is 20.8 Å². The van der Waals surface area contributed by atoms with Crippen LogP contribution in [-0.4, -0.2) is 17.5 Å². The zero-order valence-corrected chi connectivity index (χ0v) is 16.8. The van der Waals surface area contributed by atoms with Crippen LogP contribution in [0.25, 0.3) is 22.6 Å². The lowest BCUT2D eigenvalue weighted by molar-refractivity contribution is -0.118. The smallest absolute Gasteiger partial charge is 0.262 e. The van der Waals surface area contributed by atoms with E-state index < -0.39 is 0 Å². The Balaban J connectivity index is 1.50. The molecule has 5 nitrogen and oxygen atoms in total. The Bertz CT molecular complexity index is 1180. The molecule has 6 heteroatoms. The monoisotopic (exact) mass is 406 g/mol. The summed E-state index contributed by atoms with van der Waals surface area (Å²) in [6, 6.07) is 18.5. The van der Waals surface area contributed by atoms with Gasteiger partial charge in [-0.3, -0.25) is 4.79 Å². The van der Waals surface area contributed by atoms with Crippen molar-refractivity contribution in [2.45, 2.75) is 13.8 Å². The predicted molar refractivity (Wildman–Crippen MR) is 114 cm³/mol. The molecule has 0 saturated carbocycles. The Morgan fingerprint density at radius 2 is 1.79 bits per heavy atom. The molecule has 146 valence electrons. The highest BCUT2D eigenvalue weighted by molar-refractivity contribution is 6.33. The largest absolute Gasteiger partial charge is 0.484 e. The van der Waals surface area contributed by atoms with Crippen LogP contribution >= 0.6 is 11.6 Å². The van der Waals surface area contributed by atoms with Crippen molar-refractivity contribution in [3.05, 3.63) is 76.8 Å². The Morgan fingerprint density at radius 3 is 2.59 bits per heavy atom. The standard InChI is InChI=1S/C23H19ClN2O3/c1-14-3-7-17(8-4-14)28-13-22(27)25-16-6-9-19(24)18(12-16)23-26-20-10-5-15(2)11-21(20)29-23/h3-12H,13H2,1-2H3,(H,25,27). The first-order chi connectivity index (χ1) is 14.0. The maximum atomic E-state index is 12.3. The fourth-order valence-corrected chi connectivity index (χ4v) is 3.09. The van der Waals surface area contributed by atoms with Crippen LogP contribution in [0.3, 0.4) is 0 Å². The lowest BCUT2D eigenvalue weighted by Crippen LogP contribution is -2.20. The summed E-state index contributed by atoms with van der Waals surface area (Å²) in [4.78, 5) is 16.8. The number of rotatable bonds is 5. The number of hydrogen-bond acceptors (Lipinski definition) is 4. The van der Waals surface area contributed by atoms with Gasteiger partial charge in [0.25, 0.3) is 5.91 Å². The number of aromatic nitrogens is 1. The van der Waals surface area contributed by atoms with Crippen molar-refractivity contribution >= 4 is 34.3 Å². The minimum atomic E-state index is -0.271. The van der Waals surface area contributed by atoms with Gasteiger partial charge in [-0.1, -0.05) is 35.4 Å². The van der Waals surface area contributed by atoms with Crippen molar-refractivity contribution in [3.63, 3.8) is 0 Å². The Morgan fingerprint density at radius 1 is 1.03 bits per heavy atom. The van der Waals surface area contributed by atoms with Gasteiger partial charge in [0.2, 0.25) is 5.89 Å². The van der Waals surface area contributed by atoms with Gasteiger partial charge in [0, 0.05) is 5.69 Å². The van der Waals surface area contributed by atoms with Gasteiger partial charge in [-0.25, -0.2) is 4.98 Å². The van der Waals surface area contributed by atoms with Crippen molar-refractivity contribution < 1.29 is 13.9 Å². The third-order valence-electron chi connectivity index (χ3n) is 4.42. The summed E-state index contributed by atoms with van der Waals surface area (Å²) in [5.41, 5.74) is 4.85. The normalized spacial score (nSPS) is 10.9. The number of fused-ring (bicyclic) bond motifs is 1. The number of aryl methyl sites for hydroxylation is 2. The summed E-state index contributed by atoms with van der Waals surface area (Å²) in [5.74, 6) is 0.777. The molecule has 0 fully saturated rings. The van der Waals surface area contributed by atoms with Crippen LogP contribution < -0.4 is 10.1 Å². The number of ether oxygens (including phenoxy) is 1. The third-order valence-corrected chi connectivity index (χ3v) is 4.74. The Hall–Kier alpha value is -3.31. The first-order valence-corrected chi connectivity index (χ1v) is 9.52. The summed E-state index contributed by atoms with van der Waals surface area (Å²) in [6.45, 7) is 3.89. The van der Waals surface area contributed by atoms with Gasteiger partial charge in [0.15, 0.2) is 12.2 Å². The molecule has 1 heterocycles. The average molecular weight is 407 g/mol. The van der Waals surface area contributed by atoms with Gasteiger partial charge in [-0.2, -0.15) is 0 Å². The highest BCUT2D eigenvalue weighted by Gasteiger charge is 2.14. The molecule has 0 saturated heterocycles. The molecule has 1 amide bonds. The molecule has 0 unspecified atom stereocenters. The highest BCUT2D eigenvalue weighted by Crippen LogP contribution is 2.32. The van der Waals surface area contributed by atoms with Crippen LogP contribution in [0.4, 0.5) is 5.69 Å². The number of oxazole rings is 1. The minimum absolute atomic E-state index is 0.0941. The van der Waals surface area contributed by atoms with E-state index in [0.717, 1.165) is 16.6 Å². The van der Waals surface area contributed by atoms with E-state index in [1.165, 1.54) is 0 Å². The van der Waals surface area contributed by atoms with Crippen LogP contribution in [0.15, 0.2) is 65.1 Å². The van der Waals surface area contributed by atoms with E-state index in [1.54, 1.807) is 18.2 Å². The number of amides is 1. The number of carbonyl (C=O) groups is 1. The fraction of sp³-hybridized carbons (Fsp3) is 0.130. The van der Waals surface area contributed by atoms with Crippen molar-refractivity contribution in [2.75, 3.05) is 11.9 Å². The van der Waals surface area contributed by atoms with E-state index in [0.29, 0.717) is 33.5 Å². The van der Waals surface area contributed by atoms with Crippen molar-refractivity contribution in [3.8, 4) is 17.2 Å². The van der Waals surface area contributed by atoms with Gasteiger partial charge >= 0.3 is 0 Å². The third kappa shape index (κ3) is 4.41. The van der Waals surface area contributed by atoms with Crippen LogP contribution in [0.1, 0.15) is 11.1 Å². The summed E-state index contributed by atoms with van der Waals surface area (Å²) < 4.78 is 11.4. The summed E-state index contributed by atoms with van der Waals surface area (Å²) >= 11 is 6.34. The van der Waals surface area contributed by atoms with Crippen molar-refractivity contribution in [1.29, 1.82) is 0 Å². The fourth-order valence-electron chi connectivity index (χ4n) is 2.89. The minimum Gasteiger partial charge on any atom is -0.484 e. The second kappa shape index (κ2) is 7.97. The molecular formula is C23H19ClN2O3. The van der Waals surface area contributed by atoms with E-state index >= 15 is 0 Å². The first kappa shape index (κ1) is 19.0. The quantitative estimate of drug-likeness (QED) is 0.456. The second-order valence-electron chi connectivity index (χ2n) is 6.83. The van der Waals surface area contributed by atoms with Gasteiger partial charge in [0.1, 0.15) is 11.3 Å². The zero-order valence-electron chi connectivity index (χ0n) is 16.0. The topological polar surface area (TPSA) is 64.4 Å². The van der Waals surface area contributed by atoms with E-state index in [9.17, 15) is 4.79 Å². The van der Waals surface area contributed by atoms with Gasteiger partial charge < -0.3 is 14.5 Å². The summed E-state index contributed by atoms with van der Waals surface area (Å²) in [5, 5.41) is 3.30. The molecule has 0 aliphatic rings. The summed E-state index contributed by atoms with van der Waals surface area (Å²) in [6.07, 6.45) is 0. The van der Waals surface area contributed by atoms with Gasteiger partial charge in [0.05, 0.1) is 10.6 Å². The van der Waals surface area contributed by atoms with Crippen molar-refractivity contribution in [2.24, 2.45) is 0 Å². The molecular weight excluding hydrogens is 388 g/mol. The number of nitrogens with one attached hydrogen (secondary N) is 1. The number of halogens is 1. The number of hydrogen-bond donors (Lipinski definition) is 1. The zero-order chi connectivity index (χ0) is 20.4. The number of nitrogens with zero attached hydrogens (tertiary/aromatic N) is 1. The van der Waals surface area contributed by atoms with Gasteiger partial charge in [-0.05, 0) is 61.9 Å². The van der Waals surface area contributed by atoms with E-state index in [-0.39, 0.29) is 12.5 Å². The molecule has 3 aromatic carbocycles. The highest BCUT2D eigenvalue weighted by atomic mass is 35.5.